The molecule has 0 atom stereocenters. The van der Waals surface area contributed by atoms with Crippen molar-refractivity contribution in [3.8, 4) is 5.69 Å². The molecular formula is C24H23N5O3. The Kier molecular flexibility index (Phi) is 5.85. The van der Waals surface area contributed by atoms with Gasteiger partial charge in [0.15, 0.2) is 0 Å². The molecule has 1 amide bonds. The third-order valence-electron chi connectivity index (χ3n) is 5.14. The summed E-state index contributed by atoms with van der Waals surface area (Å²) in [6.07, 6.45) is 4.92. The van der Waals surface area contributed by atoms with Gasteiger partial charge in [-0.25, -0.2) is 15.2 Å². The molecule has 0 radical (unpaired) electrons. The molecule has 162 valence electrons. The van der Waals surface area contributed by atoms with Gasteiger partial charge in [-0.2, -0.15) is 5.10 Å². The standard InChI is InChI=1S/C24H23N5O3/c1-4-32-24(31)22-17(3)29(18-10-6-5-7-11-18)16(2)19(22)14-25-27-23(30)20-15-28-13-9-8-12-21(28)26-20/h5-15H,4H2,1-3H3,(H,27,30). The van der Waals surface area contributed by atoms with E-state index in [2.05, 4.69) is 15.5 Å². The van der Waals surface area contributed by atoms with Crippen molar-refractivity contribution < 1.29 is 14.3 Å². The SMILES string of the molecule is CCOC(=O)c1c(C=NNC(=O)c2cn3ccccc3n2)c(C)n(-c2ccccc2)c1C. The molecule has 1 N–H and O–H groups in total. The number of para-hydroxylation sites is 1. The average Bonchev–Trinajstić information content (AvgIpc) is 3.33. The van der Waals surface area contributed by atoms with Crippen LogP contribution in [0.5, 0.6) is 0 Å². The van der Waals surface area contributed by atoms with Crippen LogP contribution >= 0.6 is 0 Å². The van der Waals surface area contributed by atoms with Gasteiger partial charge in [-0.15, -0.1) is 0 Å². The topological polar surface area (TPSA) is 90.0 Å². The minimum atomic E-state index is -0.445. The lowest BCUT2D eigenvalue weighted by Gasteiger charge is -2.09. The molecule has 8 nitrogen and oxygen atoms in total. The van der Waals surface area contributed by atoms with E-state index in [0.717, 1.165) is 17.1 Å². The first kappa shape index (κ1) is 21.0. The monoisotopic (exact) mass is 429 g/mol. The summed E-state index contributed by atoms with van der Waals surface area (Å²) in [6.45, 7) is 5.78. The average molecular weight is 429 g/mol. The van der Waals surface area contributed by atoms with E-state index < -0.39 is 11.9 Å². The highest BCUT2D eigenvalue weighted by Crippen LogP contribution is 2.26. The van der Waals surface area contributed by atoms with Crippen molar-refractivity contribution in [2.24, 2.45) is 5.10 Å². The number of carbonyl (C=O) groups excluding carboxylic acids is 2. The van der Waals surface area contributed by atoms with Gasteiger partial charge in [0.05, 0.1) is 18.4 Å². The van der Waals surface area contributed by atoms with Gasteiger partial charge in [0, 0.05) is 35.0 Å². The van der Waals surface area contributed by atoms with Gasteiger partial charge in [-0.1, -0.05) is 24.3 Å². The van der Waals surface area contributed by atoms with Gasteiger partial charge in [-0.05, 0) is 45.0 Å². The van der Waals surface area contributed by atoms with Crippen molar-refractivity contribution >= 4 is 23.7 Å². The van der Waals surface area contributed by atoms with E-state index in [9.17, 15) is 9.59 Å². The second kappa shape index (κ2) is 8.89. The fraction of sp³-hybridized carbons (Fsp3) is 0.167. The summed E-state index contributed by atoms with van der Waals surface area (Å²) in [5.74, 6) is -0.879. The molecule has 0 spiro atoms. The first-order valence-electron chi connectivity index (χ1n) is 10.2. The Morgan fingerprint density at radius 3 is 2.56 bits per heavy atom. The largest absolute Gasteiger partial charge is 0.462 e. The summed E-state index contributed by atoms with van der Waals surface area (Å²) >= 11 is 0. The molecule has 3 heterocycles. The number of ether oxygens (including phenoxy) is 1. The number of hydrazone groups is 1. The molecular weight excluding hydrogens is 406 g/mol. The van der Waals surface area contributed by atoms with Crippen molar-refractivity contribution in [1.82, 2.24) is 19.4 Å². The summed E-state index contributed by atoms with van der Waals surface area (Å²) in [6, 6.07) is 15.2. The highest BCUT2D eigenvalue weighted by molar-refractivity contribution is 6.02. The van der Waals surface area contributed by atoms with E-state index >= 15 is 0 Å². The van der Waals surface area contributed by atoms with E-state index in [4.69, 9.17) is 4.74 Å². The Bertz CT molecular complexity index is 1290. The summed E-state index contributed by atoms with van der Waals surface area (Å²) in [4.78, 5) is 29.5. The molecule has 0 bridgehead atoms. The molecule has 8 heteroatoms. The molecule has 1 aromatic carbocycles. The van der Waals surface area contributed by atoms with Crippen molar-refractivity contribution in [2.75, 3.05) is 6.61 Å². The number of fused-ring (bicyclic) bond motifs is 1. The lowest BCUT2D eigenvalue weighted by molar-refractivity contribution is 0.0525. The van der Waals surface area contributed by atoms with Crippen LogP contribution in [-0.2, 0) is 4.74 Å². The number of nitrogens with one attached hydrogen (secondary N) is 1. The number of carbonyl (C=O) groups is 2. The van der Waals surface area contributed by atoms with E-state index in [1.807, 2.05) is 73.1 Å². The summed E-state index contributed by atoms with van der Waals surface area (Å²) in [5.41, 5.74) is 6.87. The second-order valence-corrected chi connectivity index (χ2v) is 7.14. The molecule has 0 aliphatic rings. The van der Waals surface area contributed by atoms with Crippen LogP contribution in [0.3, 0.4) is 0 Å². The van der Waals surface area contributed by atoms with Crippen LogP contribution in [0.4, 0.5) is 0 Å². The van der Waals surface area contributed by atoms with Crippen LogP contribution in [0, 0.1) is 13.8 Å². The number of amides is 1. The van der Waals surface area contributed by atoms with Crippen LogP contribution in [0.1, 0.15) is 44.7 Å². The summed E-state index contributed by atoms with van der Waals surface area (Å²) < 4.78 is 8.99. The highest BCUT2D eigenvalue weighted by Gasteiger charge is 2.24. The zero-order valence-corrected chi connectivity index (χ0v) is 18.1. The predicted molar refractivity (Wildman–Crippen MR) is 121 cm³/mol. The Morgan fingerprint density at radius 2 is 1.84 bits per heavy atom. The fourth-order valence-electron chi connectivity index (χ4n) is 3.70. The molecule has 0 aliphatic heterocycles. The lowest BCUT2D eigenvalue weighted by atomic mass is 10.1. The van der Waals surface area contributed by atoms with Gasteiger partial charge >= 0.3 is 5.97 Å². The maximum Gasteiger partial charge on any atom is 0.340 e. The maximum absolute atomic E-state index is 12.7. The number of benzene rings is 1. The second-order valence-electron chi connectivity index (χ2n) is 7.14. The van der Waals surface area contributed by atoms with Crippen molar-refractivity contribution in [3.05, 3.63) is 89.1 Å². The molecule has 32 heavy (non-hydrogen) atoms. The van der Waals surface area contributed by atoms with Crippen molar-refractivity contribution in [1.29, 1.82) is 0 Å². The number of nitrogens with zero attached hydrogens (tertiary/aromatic N) is 4. The first-order valence-corrected chi connectivity index (χ1v) is 10.2. The Hall–Kier alpha value is -4.20. The van der Waals surface area contributed by atoms with Gasteiger partial charge in [0.25, 0.3) is 5.91 Å². The van der Waals surface area contributed by atoms with Crippen LogP contribution in [0.2, 0.25) is 0 Å². The van der Waals surface area contributed by atoms with Crippen molar-refractivity contribution in [3.63, 3.8) is 0 Å². The van der Waals surface area contributed by atoms with E-state index in [1.165, 1.54) is 6.21 Å². The molecule has 0 saturated carbocycles. The summed E-state index contributed by atoms with van der Waals surface area (Å²) in [7, 11) is 0. The molecule has 0 fully saturated rings. The minimum absolute atomic E-state index is 0.244. The predicted octanol–water partition coefficient (Wildman–Crippen LogP) is 3.68. The van der Waals surface area contributed by atoms with Gasteiger partial charge in [-0.3, -0.25) is 4.79 Å². The Labute approximate surface area is 185 Å². The van der Waals surface area contributed by atoms with E-state index in [1.54, 1.807) is 17.5 Å². The first-order chi connectivity index (χ1) is 15.5. The maximum atomic E-state index is 12.7. The number of esters is 1. The molecule has 3 aromatic heterocycles. The third-order valence-corrected chi connectivity index (χ3v) is 5.14. The quantitative estimate of drug-likeness (QED) is 0.288. The van der Waals surface area contributed by atoms with Crippen LogP contribution in [0.15, 0.2) is 66.0 Å². The lowest BCUT2D eigenvalue weighted by Crippen LogP contribution is -2.18. The minimum Gasteiger partial charge on any atom is -0.462 e. The molecule has 0 saturated heterocycles. The number of hydrogen-bond donors (Lipinski definition) is 1. The van der Waals surface area contributed by atoms with E-state index in [-0.39, 0.29) is 12.3 Å². The zero-order valence-electron chi connectivity index (χ0n) is 18.1. The number of pyridine rings is 1. The number of imidazole rings is 1. The van der Waals surface area contributed by atoms with Crippen LogP contribution in [0.25, 0.3) is 11.3 Å². The summed E-state index contributed by atoms with van der Waals surface area (Å²) in [5, 5.41) is 4.11. The Morgan fingerprint density at radius 1 is 1.09 bits per heavy atom. The Balaban J connectivity index is 1.66. The third kappa shape index (κ3) is 3.90. The smallest absolute Gasteiger partial charge is 0.340 e. The number of hydrogen-bond acceptors (Lipinski definition) is 5. The van der Waals surface area contributed by atoms with Crippen LogP contribution < -0.4 is 5.43 Å². The zero-order chi connectivity index (χ0) is 22.7. The molecule has 4 aromatic rings. The van der Waals surface area contributed by atoms with Crippen LogP contribution in [-0.4, -0.2) is 38.6 Å². The van der Waals surface area contributed by atoms with Gasteiger partial charge in [0.2, 0.25) is 0 Å². The molecule has 4 rings (SSSR count). The number of rotatable bonds is 6. The molecule has 0 unspecified atom stereocenters. The number of aromatic nitrogens is 3. The normalized spacial score (nSPS) is 11.2. The fourth-order valence-corrected chi connectivity index (χ4v) is 3.70. The molecule has 0 aliphatic carbocycles. The highest BCUT2D eigenvalue weighted by atomic mass is 16.5. The van der Waals surface area contributed by atoms with Gasteiger partial charge < -0.3 is 13.7 Å². The van der Waals surface area contributed by atoms with Gasteiger partial charge in [0.1, 0.15) is 11.3 Å². The van der Waals surface area contributed by atoms with E-state index in [0.29, 0.717) is 16.8 Å². The van der Waals surface area contributed by atoms with Crippen molar-refractivity contribution in [2.45, 2.75) is 20.8 Å².